The summed E-state index contributed by atoms with van der Waals surface area (Å²) in [5.41, 5.74) is 0. The van der Waals surface area contributed by atoms with Crippen molar-refractivity contribution in [3.8, 4) is 0 Å². The van der Waals surface area contributed by atoms with Crippen LogP contribution in [0, 0.1) is 23.7 Å². The Morgan fingerprint density at radius 1 is 0.824 bits per heavy atom. The lowest BCUT2D eigenvalue weighted by Crippen LogP contribution is -2.08. The molecule has 0 spiro atoms. The molecular formula is C15H28O2. The van der Waals surface area contributed by atoms with E-state index in [1.807, 2.05) is 13.8 Å². The fourth-order valence-electron chi connectivity index (χ4n) is 3.59. The van der Waals surface area contributed by atoms with Crippen molar-refractivity contribution in [3.63, 3.8) is 0 Å². The molecule has 2 atom stereocenters. The van der Waals surface area contributed by atoms with Crippen molar-refractivity contribution in [2.24, 2.45) is 23.7 Å². The zero-order valence-corrected chi connectivity index (χ0v) is 11.7. The first kappa shape index (κ1) is 13.4. The molecule has 0 aromatic rings. The van der Waals surface area contributed by atoms with Gasteiger partial charge in [0.1, 0.15) is 0 Å². The second-order valence-electron chi connectivity index (χ2n) is 5.57. The van der Waals surface area contributed by atoms with Gasteiger partial charge >= 0.3 is 0 Å². The second-order valence-corrected chi connectivity index (χ2v) is 5.57. The van der Waals surface area contributed by atoms with Crippen LogP contribution in [0.5, 0.6) is 0 Å². The molecule has 0 bridgehead atoms. The zero-order valence-electron chi connectivity index (χ0n) is 11.7. The topological polar surface area (TPSA) is 18.5 Å². The molecule has 2 aliphatic heterocycles. The Bertz CT molecular complexity index is 199. The second kappa shape index (κ2) is 6.19. The Kier molecular flexibility index (Phi) is 4.87. The Morgan fingerprint density at radius 3 is 1.71 bits per heavy atom. The van der Waals surface area contributed by atoms with Crippen LogP contribution in [0.25, 0.3) is 0 Å². The number of hydrogen-bond donors (Lipinski definition) is 0. The summed E-state index contributed by atoms with van der Waals surface area (Å²) in [5, 5.41) is 0. The van der Waals surface area contributed by atoms with E-state index in [0.717, 1.165) is 25.0 Å². The van der Waals surface area contributed by atoms with Crippen LogP contribution in [0.4, 0.5) is 0 Å². The summed E-state index contributed by atoms with van der Waals surface area (Å²) in [6.07, 6.45) is 7.22. The van der Waals surface area contributed by atoms with Crippen molar-refractivity contribution in [1.29, 1.82) is 0 Å². The van der Waals surface area contributed by atoms with E-state index in [1.54, 1.807) is 12.8 Å². The highest BCUT2D eigenvalue weighted by atomic mass is 16.7. The largest absolute Gasteiger partial charge is 0.352 e. The van der Waals surface area contributed by atoms with Gasteiger partial charge in [0.2, 0.25) is 0 Å². The van der Waals surface area contributed by atoms with Crippen molar-refractivity contribution in [1.82, 2.24) is 0 Å². The Balaban J connectivity index is 0.000000112. The molecular weight excluding hydrogens is 212 g/mol. The smallest absolute Gasteiger partial charge is 0.160 e. The minimum Gasteiger partial charge on any atom is -0.352 e. The third-order valence-electron chi connectivity index (χ3n) is 4.76. The average Bonchev–Trinajstić information content (AvgIpc) is 2.92. The minimum atomic E-state index is 0.176. The van der Waals surface area contributed by atoms with E-state index in [9.17, 15) is 0 Å². The van der Waals surface area contributed by atoms with Gasteiger partial charge in [-0.15, -0.1) is 0 Å². The van der Waals surface area contributed by atoms with Gasteiger partial charge in [-0.2, -0.15) is 0 Å². The Morgan fingerprint density at radius 2 is 1.35 bits per heavy atom. The predicted octanol–water partition coefficient (Wildman–Crippen LogP) is 3.85. The first-order valence-corrected chi connectivity index (χ1v) is 7.59. The molecule has 4 rings (SSSR count). The number of rotatable bonds is 0. The van der Waals surface area contributed by atoms with Gasteiger partial charge in [0.15, 0.2) is 6.29 Å². The molecule has 0 radical (unpaired) electrons. The molecule has 4 fully saturated rings. The van der Waals surface area contributed by atoms with E-state index >= 15 is 0 Å². The van der Waals surface area contributed by atoms with Crippen LogP contribution in [-0.4, -0.2) is 19.5 Å². The molecule has 0 aromatic carbocycles. The first-order chi connectivity index (χ1) is 8.36. The summed E-state index contributed by atoms with van der Waals surface area (Å²) in [5.74, 6) is 4.21. The van der Waals surface area contributed by atoms with Gasteiger partial charge < -0.3 is 9.47 Å². The van der Waals surface area contributed by atoms with Gasteiger partial charge in [-0.3, -0.25) is 0 Å². The Labute approximate surface area is 106 Å². The van der Waals surface area contributed by atoms with Gasteiger partial charge in [-0.1, -0.05) is 27.2 Å². The third kappa shape index (κ3) is 3.03. The van der Waals surface area contributed by atoms with Crippen LogP contribution in [0.15, 0.2) is 0 Å². The molecule has 2 saturated carbocycles. The molecule has 2 heteroatoms. The van der Waals surface area contributed by atoms with Gasteiger partial charge in [0.05, 0.1) is 13.2 Å². The quantitative estimate of drug-likeness (QED) is 0.640. The van der Waals surface area contributed by atoms with Gasteiger partial charge in [0, 0.05) is 5.92 Å². The van der Waals surface area contributed by atoms with Crippen LogP contribution in [-0.2, 0) is 9.47 Å². The van der Waals surface area contributed by atoms with E-state index in [4.69, 9.17) is 9.47 Å². The molecule has 17 heavy (non-hydrogen) atoms. The fourth-order valence-corrected chi connectivity index (χ4v) is 3.59. The van der Waals surface area contributed by atoms with Crippen molar-refractivity contribution in [3.05, 3.63) is 0 Å². The maximum absolute atomic E-state index is 5.25. The highest BCUT2D eigenvalue weighted by molar-refractivity contribution is 4.98. The molecule has 4 aliphatic rings. The molecule has 2 unspecified atom stereocenters. The molecule has 0 aromatic heterocycles. The zero-order chi connectivity index (χ0) is 12.3. The molecule has 2 saturated heterocycles. The molecule has 2 heterocycles. The van der Waals surface area contributed by atoms with Crippen LogP contribution < -0.4 is 0 Å². The third-order valence-corrected chi connectivity index (χ3v) is 4.76. The van der Waals surface area contributed by atoms with Crippen LogP contribution in [0.2, 0.25) is 0 Å². The van der Waals surface area contributed by atoms with Gasteiger partial charge in [-0.25, -0.2) is 0 Å². The maximum atomic E-state index is 5.25. The summed E-state index contributed by atoms with van der Waals surface area (Å²) >= 11 is 0. The summed E-state index contributed by atoms with van der Waals surface area (Å²) < 4.78 is 10.5. The summed E-state index contributed by atoms with van der Waals surface area (Å²) in [6, 6.07) is 0. The molecule has 2 nitrogen and oxygen atoms in total. The SMILES string of the molecule is C1CC2CCOC2O1.CC.CC1C2CCCC12. The minimum absolute atomic E-state index is 0.176. The average molecular weight is 240 g/mol. The lowest BCUT2D eigenvalue weighted by Gasteiger charge is -2.03. The summed E-state index contributed by atoms with van der Waals surface area (Å²) in [4.78, 5) is 0. The molecule has 0 N–H and O–H groups in total. The van der Waals surface area contributed by atoms with E-state index in [2.05, 4.69) is 6.92 Å². The lowest BCUT2D eigenvalue weighted by molar-refractivity contribution is -0.0904. The summed E-state index contributed by atoms with van der Waals surface area (Å²) in [6.45, 7) is 8.22. The molecule has 0 amide bonds. The first-order valence-electron chi connectivity index (χ1n) is 7.59. The maximum Gasteiger partial charge on any atom is 0.160 e. The van der Waals surface area contributed by atoms with Gasteiger partial charge in [-0.05, 0) is 43.4 Å². The number of fused-ring (bicyclic) bond motifs is 2. The highest BCUT2D eigenvalue weighted by Crippen LogP contribution is 2.56. The fraction of sp³-hybridized carbons (Fsp3) is 1.00. The molecule has 2 aliphatic carbocycles. The number of ether oxygens (including phenoxy) is 2. The van der Waals surface area contributed by atoms with Crippen molar-refractivity contribution < 1.29 is 9.47 Å². The van der Waals surface area contributed by atoms with Crippen LogP contribution in [0.3, 0.4) is 0 Å². The van der Waals surface area contributed by atoms with E-state index in [1.165, 1.54) is 31.1 Å². The van der Waals surface area contributed by atoms with Crippen molar-refractivity contribution in [2.75, 3.05) is 13.2 Å². The van der Waals surface area contributed by atoms with E-state index in [0.29, 0.717) is 0 Å². The van der Waals surface area contributed by atoms with Gasteiger partial charge in [0.25, 0.3) is 0 Å². The predicted molar refractivity (Wildman–Crippen MR) is 69.8 cm³/mol. The van der Waals surface area contributed by atoms with Crippen molar-refractivity contribution in [2.45, 2.75) is 59.2 Å². The summed E-state index contributed by atoms with van der Waals surface area (Å²) in [7, 11) is 0. The Hall–Kier alpha value is -0.0800. The van der Waals surface area contributed by atoms with E-state index < -0.39 is 0 Å². The standard InChI is InChI=1S/C7H12.C6H10O2.C2H6/c1-5-6-3-2-4-7(5)6;1-3-7-6-5(1)2-4-8-6;1-2/h5-7H,2-4H2,1H3;5-6H,1-4H2;1-2H3. The monoisotopic (exact) mass is 240 g/mol. The lowest BCUT2D eigenvalue weighted by atomic mass is 10.1. The normalized spacial score (nSPS) is 45.0. The van der Waals surface area contributed by atoms with Crippen LogP contribution >= 0.6 is 0 Å². The molecule has 100 valence electrons. The van der Waals surface area contributed by atoms with E-state index in [-0.39, 0.29) is 6.29 Å². The number of hydrogen-bond acceptors (Lipinski definition) is 2. The van der Waals surface area contributed by atoms with Crippen LogP contribution in [0.1, 0.15) is 52.9 Å². The highest BCUT2D eigenvalue weighted by Gasteiger charge is 2.48. The van der Waals surface area contributed by atoms with Crippen molar-refractivity contribution >= 4 is 0 Å².